The first-order valence-corrected chi connectivity index (χ1v) is 11.0. The van der Waals surface area contributed by atoms with E-state index in [1.807, 2.05) is 6.07 Å². The van der Waals surface area contributed by atoms with Crippen molar-refractivity contribution in [2.75, 3.05) is 13.2 Å². The Kier molecular flexibility index (Phi) is 7.85. The van der Waals surface area contributed by atoms with Crippen LogP contribution in [0.5, 0.6) is 5.75 Å². The molecular formula is C25H32F2N2O3. The molecule has 174 valence electrons. The van der Waals surface area contributed by atoms with Crippen LogP contribution >= 0.6 is 0 Å². The van der Waals surface area contributed by atoms with Gasteiger partial charge in [0.2, 0.25) is 6.41 Å². The molecule has 0 fully saturated rings. The summed E-state index contributed by atoms with van der Waals surface area (Å²) in [6.07, 6.45) is 1.34. The lowest BCUT2D eigenvalue weighted by Crippen LogP contribution is -2.47. The van der Waals surface area contributed by atoms with Crippen LogP contribution in [0.1, 0.15) is 49.9 Å². The van der Waals surface area contributed by atoms with Crippen molar-refractivity contribution in [1.29, 1.82) is 0 Å². The number of fused-ring (bicyclic) bond motifs is 1. The van der Waals surface area contributed by atoms with Crippen molar-refractivity contribution in [3.63, 3.8) is 0 Å². The Morgan fingerprint density at radius 2 is 1.88 bits per heavy atom. The molecule has 1 heterocycles. The first-order valence-electron chi connectivity index (χ1n) is 11.0. The number of ether oxygens (including phenoxy) is 1. The van der Waals surface area contributed by atoms with Crippen LogP contribution < -0.4 is 15.4 Å². The minimum absolute atomic E-state index is 0.00295. The van der Waals surface area contributed by atoms with Crippen LogP contribution in [0.3, 0.4) is 0 Å². The largest absolute Gasteiger partial charge is 0.493 e. The summed E-state index contributed by atoms with van der Waals surface area (Å²) in [5, 5.41) is 16.7. The third-order valence-corrected chi connectivity index (χ3v) is 5.55. The molecule has 2 aromatic rings. The molecule has 0 spiro atoms. The third kappa shape index (κ3) is 6.74. The van der Waals surface area contributed by atoms with Gasteiger partial charge < -0.3 is 20.5 Å². The Balaban J connectivity index is 1.68. The second kappa shape index (κ2) is 10.4. The van der Waals surface area contributed by atoms with E-state index in [1.54, 1.807) is 0 Å². The zero-order valence-electron chi connectivity index (χ0n) is 18.8. The molecule has 32 heavy (non-hydrogen) atoms. The van der Waals surface area contributed by atoms with Gasteiger partial charge in [-0.15, -0.1) is 0 Å². The summed E-state index contributed by atoms with van der Waals surface area (Å²) in [4.78, 5) is 11.1. The van der Waals surface area contributed by atoms with Gasteiger partial charge >= 0.3 is 0 Å². The van der Waals surface area contributed by atoms with E-state index in [2.05, 4.69) is 43.5 Å². The van der Waals surface area contributed by atoms with Gasteiger partial charge in [0.15, 0.2) is 0 Å². The molecule has 1 aliphatic rings. The molecule has 7 heteroatoms. The molecule has 0 aromatic heterocycles. The summed E-state index contributed by atoms with van der Waals surface area (Å²) in [6, 6.07) is 8.74. The number of aliphatic hydroxyl groups excluding tert-OH is 1. The van der Waals surface area contributed by atoms with Crippen molar-refractivity contribution in [2.45, 2.75) is 58.2 Å². The van der Waals surface area contributed by atoms with Crippen LogP contribution in [-0.4, -0.2) is 36.8 Å². The average Bonchev–Trinajstić information content (AvgIpc) is 2.69. The Morgan fingerprint density at radius 3 is 2.53 bits per heavy atom. The van der Waals surface area contributed by atoms with E-state index in [0.29, 0.717) is 18.6 Å². The molecule has 0 saturated carbocycles. The maximum atomic E-state index is 13.5. The fourth-order valence-corrected chi connectivity index (χ4v) is 4.16. The molecule has 3 N–H and O–H groups in total. The van der Waals surface area contributed by atoms with Crippen molar-refractivity contribution < 1.29 is 23.4 Å². The third-order valence-electron chi connectivity index (χ3n) is 5.55. The normalized spacial score (nSPS) is 17.8. The average molecular weight is 447 g/mol. The number of amides is 1. The minimum atomic E-state index is -0.949. The van der Waals surface area contributed by atoms with Crippen LogP contribution in [0, 0.1) is 17.0 Å². The Hall–Kier alpha value is -2.51. The molecule has 1 aliphatic heterocycles. The summed E-state index contributed by atoms with van der Waals surface area (Å²) in [6.45, 7) is 7.36. The van der Waals surface area contributed by atoms with Crippen molar-refractivity contribution >= 4 is 6.41 Å². The van der Waals surface area contributed by atoms with Crippen molar-refractivity contribution in [3.8, 4) is 5.75 Å². The highest BCUT2D eigenvalue weighted by Gasteiger charge is 2.25. The van der Waals surface area contributed by atoms with E-state index in [0.717, 1.165) is 30.2 Å². The fraction of sp³-hybridized carbons (Fsp3) is 0.480. The number of hydrogen-bond acceptors (Lipinski definition) is 4. The Labute approximate surface area is 188 Å². The van der Waals surface area contributed by atoms with Gasteiger partial charge in [-0.2, -0.15) is 0 Å². The van der Waals surface area contributed by atoms with E-state index < -0.39 is 23.8 Å². The highest BCUT2D eigenvalue weighted by molar-refractivity contribution is 5.47. The topological polar surface area (TPSA) is 70.6 Å². The second-order valence-corrected chi connectivity index (χ2v) is 9.65. The number of carbonyl (C=O) groups is 1. The van der Waals surface area contributed by atoms with Crippen LogP contribution in [0.4, 0.5) is 8.78 Å². The smallest absolute Gasteiger partial charge is 0.207 e. The number of carbonyl (C=O) groups excluding carboxylic acids is 1. The molecule has 1 unspecified atom stereocenters. The van der Waals surface area contributed by atoms with Crippen molar-refractivity contribution in [2.24, 2.45) is 5.41 Å². The lowest BCUT2D eigenvalue weighted by atomic mass is 9.86. The number of aliphatic hydroxyl groups is 1. The molecular weight excluding hydrogens is 414 g/mol. The molecule has 0 aliphatic carbocycles. The van der Waals surface area contributed by atoms with E-state index in [9.17, 15) is 18.7 Å². The van der Waals surface area contributed by atoms with Gasteiger partial charge in [-0.05, 0) is 47.6 Å². The van der Waals surface area contributed by atoms with Gasteiger partial charge in [-0.25, -0.2) is 8.78 Å². The molecule has 5 nitrogen and oxygen atoms in total. The van der Waals surface area contributed by atoms with Crippen molar-refractivity contribution in [1.82, 2.24) is 10.6 Å². The van der Waals surface area contributed by atoms with E-state index in [1.165, 1.54) is 17.7 Å². The lowest BCUT2D eigenvalue weighted by Gasteiger charge is -2.30. The molecule has 3 atom stereocenters. The zero-order chi connectivity index (χ0) is 23.3. The van der Waals surface area contributed by atoms with Gasteiger partial charge in [0, 0.05) is 30.6 Å². The van der Waals surface area contributed by atoms with Gasteiger partial charge in [-0.1, -0.05) is 32.9 Å². The summed E-state index contributed by atoms with van der Waals surface area (Å²) < 4.78 is 32.8. The standard InChI is InChI=1S/C25H32F2N2O3/c1-25(2,3)13-16-4-5-24-20(10-16)21(6-7-32-24)28-14-23(31)22(29-15-30)11-17-8-18(26)12-19(27)9-17/h4-5,8-10,12,15,21-23,28,31H,6-7,11,13-14H2,1-3H3,(H,29,30)/t21?,22-,23+/m0/s1. The summed E-state index contributed by atoms with van der Waals surface area (Å²) >= 11 is 0. The van der Waals surface area contributed by atoms with Crippen LogP contribution in [0.15, 0.2) is 36.4 Å². The van der Waals surface area contributed by atoms with E-state index in [4.69, 9.17) is 4.74 Å². The maximum absolute atomic E-state index is 13.5. The number of hydrogen-bond donors (Lipinski definition) is 3. The minimum Gasteiger partial charge on any atom is -0.493 e. The SMILES string of the molecule is CC(C)(C)Cc1ccc2c(c1)C(NC[C@@H](O)[C@H](Cc1cc(F)cc(F)c1)NC=O)CCO2. The molecule has 0 bridgehead atoms. The molecule has 0 radical (unpaired) electrons. The highest BCUT2D eigenvalue weighted by atomic mass is 19.1. The quantitative estimate of drug-likeness (QED) is 0.514. The van der Waals surface area contributed by atoms with Crippen LogP contribution in [-0.2, 0) is 17.6 Å². The zero-order valence-corrected chi connectivity index (χ0v) is 18.8. The predicted octanol–water partition coefficient (Wildman–Crippen LogP) is 3.68. The number of halogens is 2. The summed E-state index contributed by atoms with van der Waals surface area (Å²) in [5.41, 5.74) is 2.80. The van der Waals surface area contributed by atoms with Crippen LogP contribution in [0.25, 0.3) is 0 Å². The van der Waals surface area contributed by atoms with E-state index >= 15 is 0 Å². The number of nitrogens with one attached hydrogen (secondary N) is 2. The monoisotopic (exact) mass is 446 g/mol. The Bertz CT molecular complexity index is 910. The number of rotatable bonds is 9. The van der Waals surface area contributed by atoms with Crippen LogP contribution in [0.2, 0.25) is 0 Å². The molecule has 3 rings (SSSR count). The summed E-state index contributed by atoms with van der Waals surface area (Å²) in [5.74, 6) is -0.552. The molecule has 1 amide bonds. The van der Waals surface area contributed by atoms with Gasteiger partial charge in [0.25, 0.3) is 0 Å². The second-order valence-electron chi connectivity index (χ2n) is 9.65. The molecule has 0 saturated heterocycles. The van der Waals surface area contributed by atoms with Crippen molar-refractivity contribution in [3.05, 3.63) is 64.7 Å². The maximum Gasteiger partial charge on any atom is 0.207 e. The molecule has 2 aromatic carbocycles. The first kappa shape index (κ1) is 24.1. The number of benzene rings is 2. The first-order chi connectivity index (χ1) is 15.1. The van der Waals surface area contributed by atoms with E-state index in [-0.39, 0.29) is 24.4 Å². The van der Waals surface area contributed by atoms with Gasteiger partial charge in [0.05, 0.1) is 18.8 Å². The lowest BCUT2D eigenvalue weighted by molar-refractivity contribution is -0.110. The summed E-state index contributed by atoms with van der Waals surface area (Å²) in [7, 11) is 0. The highest BCUT2D eigenvalue weighted by Crippen LogP contribution is 2.34. The Morgan fingerprint density at radius 1 is 1.16 bits per heavy atom. The van der Waals surface area contributed by atoms with Gasteiger partial charge in [0.1, 0.15) is 17.4 Å². The fourth-order valence-electron chi connectivity index (χ4n) is 4.16. The van der Waals surface area contributed by atoms with Gasteiger partial charge in [-0.3, -0.25) is 4.79 Å². The predicted molar refractivity (Wildman–Crippen MR) is 120 cm³/mol.